The van der Waals surface area contributed by atoms with E-state index in [2.05, 4.69) is 5.32 Å². The molecule has 1 N–H and O–H groups in total. The third-order valence-corrected chi connectivity index (χ3v) is 6.78. The molecular formula is C26H28N2O2S. The van der Waals surface area contributed by atoms with Gasteiger partial charge in [-0.2, -0.15) is 0 Å². The highest BCUT2D eigenvalue weighted by Gasteiger charge is 2.35. The highest BCUT2D eigenvalue weighted by atomic mass is 32.1. The van der Waals surface area contributed by atoms with Gasteiger partial charge in [-0.1, -0.05) is 61.4 Å². The molecule has 31 heavy (non-hydrogen) atoms. The Balaban J connectivity index is 1.75. The molecule has 1 fully saturated rings. The van der Waals surface area contributed by atoms with Gasteiger partial charge in [-0.15, -0.1) is 11.3 Å². The van der Waals surface area contributed by atoms with Gasteiger partial charge >= 0.3 is 0 Å². The van der Waals surface area contributed by atoms with Crippen molar-refractivity contribution < 1.29 is 9.59 Å². The van der Waals surface area contributed by atoms with Crippen molar-refractivity contribution in [2.45, 2.75) is 51.1 Å². The largest absolute Gasteiger partial charge is 0.351 e. The first-order chi connectivity index (χ1) is 15.1. The van der Waals surface area contributed by atoms with Gasteiger partial charge in [0, 0.05) is 16.6 Å². The van der Waals surface area contributed by atoms with E-state index in [0.717, 1.165) is 47.4 Å². The van der Waals surface area contributed by atoms with Gasteiger partial charge in [0.15, 0.2) is 0 Å². The SMILES string of the molecule is Cc1ccccc1C(C(=O)NC1CCCC1)N(C(=O)Cc1cccs1)c1ccccc1. The highest BCUT2D eigenvalue weighted by molar-refractivity contribution is 7.10. The Kier molecular flexibility index (Phi) is 6.82. The minimum Gasteiger partial charge on any atom is -0.351 e. The number of carbonyl (C=O) groups excluding carboxylic acids is 2. The van der Waals surface area contributed by atoms with Crippen molar-refractivity contribution in [2.75, 3.05) is 4.90 Å². The van der Waals surface area contributed by atoms with Crippen LogP contribution in [0.1, 0.15) is 47.7 Å². The number of hydrogen-bond acceptors (Lipinski definition) is 3. The molecule has 0 radical (unpaired) electrons. The molecule has 1 atom stereocenters. The van der Waals surface area contributed by atoms with Crippen molar-refractivity contribution in [3.63, 3.8) is 0 Å². The van der Waals surface area contributed by atoms with E-state index in [4.69, 9.17) is 0 Å². The molecule has 0 aliphatic heterocycles. The Morgan fingerprint density at radius 1 is 1.00 bits per heavy atom. The zero-order chi connectivity index (χ0) is 21.6. The number of aryl methyl sites for hydroxylation is 1. The molecule has 4 rings (SSSR count). The second kappa shape index (κ2) is 9.92. The lowest BCUT2D eigenvalue weighted by atomic mass is 9.97. The van der Waals surface area contributed by atoms with Crippen LogP contribution in [-0.2, 0) is 16.0 Å². The summed E-state index contributed by atoms with van der Waals surface area (Å²) in [6.07, 6.45) is 4.55. The summed E-state index contributed by atoms with van der Waals surface area (Å²) < 4.78 is 0. The van der Waals surface area contributed by atoms with Crippen molar-refractivity contribution >= 4 is 28.8 Å². The van der Waals surface area contributed by atoms with E-state index in [1.165, 1.54) is 0 Å². The summed E-state index contributed by atoms with van der Waals surface area (Å²) in [5, 5.41) is 5.21. The Labute approximate surface area is 187 Å². The van der Waals surface area contributed by atoms with Gasteiger partial charge in [-0.25, -0.2) is 0 Å². The van der Waals surface area contributed by atoms with Gasteiger partial charge in [0.05, 0.1) is 6.42 Å². The molecule has 0 spiro atoms. The number of nitrogens with zero attached hydrogens (tertiary/aromatic N) is 1. The molecule has 1 unspecified atom stereocenters. The summed E-state index contributed by atoms with van der Waals surface area (Å²) in [4.78, 5) is 30.0. The predicted octanol–water partition coefficient (Wildman–Crippen LogP) is 5.43. The monoisotopic (exact) mass is 432 g/mol. The number of para-hydroxylation sites is 1. The van der Waals surface area contributed by atoms with Crippen LogP contribution in [0, 0.1) is 6.92 Å². The molecule has 4 nitrogen and oxygen atoms in total. The first kappa shape index (κ1) is 21.3. The third kappa shape index (κ3) is 5.05. The van der Waals surface area contributed by atoms with Gasteiger partial charge < -0.3 is 5.32 Å². The van der Waals surface area contributed by atoms with Gasteiger partial charge in [0.1, 0.15) is 6.04 Å². The van der Waals surface area contributed by atoms with Crippen molar-refractivity contribution in [2.24, 2.45) is 0 Å². The second-order valence-corrected chi connectivity index (χ2v) is 9.14. The molecule has 2 amide bonds. The molecule has 1 aliphatic rings. The zero-order valence-electron chi connectivity index (χ0n) is 17.8. The number of rotatable bonds is 7. The minimum absolute atomic E-state index is 0.0801. The smallest absolute Gasteiger partial charge is 0.248 e. The average molecular weight is 433 g/mol. The molecule has 160 valence electrons. The summed E-state index contributed by atoms with van der Waals surface area (Å²) in [6.45, 7) is 2.00. The fourth-order valence-electron chi connectivity index (χ4n) is 4.31. The van der Waals surface area contributed by atoms with Crippen molar-refractivity contribution in [1.29, 1.82) is 0 Å². The molecule has 0 bridgehead atoms. The van der Waals surface area contributed by atoms with Crippen LogP contribution in [0.15, 0.2) is 72.1 Å². The summed E-state index contributed by atoms with van der Waals surface area (Å²) in [5.41, 5.74) is 2.60. The van der Waals surface area contributed by atoms with Crippen molar-refractivity contribution in [3.05, 3.63) is 88.1 Å². The lowest BCUT2D eigenvalue weighted by molar-refractivity contribution is -0.127. The van der Waals surface area contributed by atoms with Crippen LogP contribution in [0.5, 0.6) is 0 Å². The number of amides is 2. The van der Waals surface area contributed by atoms with Gasteiger partial charge in [0.2, 0.25) is 11.8 Å². The Morgan fingerprint density at radius 3 is 2.39 bits per heavy atom. The lowest BCUT2D eigenvalue weighted by Crippen LogP contribution is -2.47. The molecule has 1 heterocycles. The van der Waals surface area contributed by atoms with Gasteiger partial charge in [-0.05, 0) is 54.5 Å². The molecule has 1 aliphatic carbocycles. The average Bonchev–Trinajstić information content (AvgIpc) is 3.47. The van der Waals surface area contributed by atoms with E-state index in [0.29, 0.717) is 0 Å². The zero-order valence-corrected chi connectivity index (χ0v) is 18.6. The first-order valence-electron chi connectivity index (χ1n) is 10.9. The molecule has 3 aromatic rings. The number of benzene rings is 2. The molecule has 1 aromatic heterocycles. The second-order valence-electron chi connectivity index (χ2n) is 8.10. The number of anilines is 1. The quantitative estimate of drug-likeness (QED) is 0.541. The number of nitrogens with one attached hydrogen (secondary N) is 1. The number of carbonyl (C=O) groups is 2. The van der Waals surface area contributed by atoms with E-state index >= 15 is 0 Å². The van der Waals surface area contributed by atoms with Crippen LogP contribution in [0.3, 0.4) is 0 Å². The standard InChI is InChI=1S/C26H28N2O2S/c1-19-10-5-8-16-23(19)25(26(30)27-20-11-6-7-12-20)28(21-13-3-2-4-14-21)24(29)18-22-15-9-17-31-22/h2-5,8-10,13-17,20,25H,6-7,11-12,18H2,1H3,(H,27,30). The van der Waals surface area contributed by atoms with E-state index in [1.807, 2.05) is 79.0 Å². The van der Waals surface area contributed by atoms with E-state index in [1.54, 1.807) is 16.2 Å². The van der Waals surface area contributed by atoms with Crippen LogP contribution in [0.25, 0.3) is 0 Å². The predicted molar refractivity (Wildman–Crippen MR) is 126 cm³/mol. The normalized spacial score (nSPS) is 14.9. The topological polar surface area (TPSA) is 49.4 Å². The maximum Gasteiger partial charge on any atom is 0.248 e. The van der Waals surface area contributed by atoms with Gasteiger partial charge in [0.25, 0.3) is 0 Å². The minimum atomic E-state index is -0.711. The van der Waals surface area contributed by atoms with Crippen LogP contribution in [0.2, 0.25) is 0 Å². The molecule has 0 saturated heterocycles. The number of hydrogen-bond donors (Lipinski definition) is 1. The molecular weight excluding hydrogens is 404 g/mol. The van der Waals surface area contributed by atoms with Crippen LogP contribution in [-0.4, -0.2) is 17.9 Å². The summed E-state index contributed by atoms with van der Waals surface area (Å²) in [7, 11) is 0. The van der Waals surface area contributed by atoms with E-state index in [9.17, 15) is 9.59 Å². The number of thiophene rings is 1. The molecule has 5 heteroatoms. The van der Waals surface area contributed by atoms with Crippen molar-refractivity contribution in [1.82, 2.24) is 5.32 Å². The first-order valence-corrected chi connectivity index (χ1v) is 11.8. The summed E-state index contributed by atoms with van der Waals surface area (Å²) >= 11 is 1.56. The van der Waals surface area contributed by atoms with E-state index < -0.39 is 6.04 Å². The van der Waals surface area contributed by atoms with Crippen LogP contribution >= 0.6 is 11.3 Å². The van der Waals surface area contributed by atoms with Crippen molar-refractivity contribution in [3.8, 4) is 0 Å². The summed E-state index contributed by atoms with van der Waals surface area (Å²) in [6, 6.07) is 20.8. The Morgan fingerprint density at radius 2 is 1.71 bits per heavy atom. The molecule has 1 saturated carbocycles. The van der Waals surface area contributed by atoms with E-state index in [-0.39, 0.29) is 24.3 Å². The maximum absolute atomic E-state index is 13.7. The van der Waals surface area contributed by atoms with Crippen LogP contribution in [0.4, 0.5) is 5.69 Å². The molecule has 2 aromatic carbocycles. The fraction of sp³-hybridized carbons (Fsp3) is 0.308. The van der Waals surface area contributed by atoms with Gasteiger partial charge in [-0.3, -0.25) is 14.5 Å². The summed E-state index contributed by atoms with van der Waals surface area (Å²) in [5.74, 6) is -0.187. The highest BCUT2D eigenvalue weighted by Crippen LogP contribution is 2.31. The Bertz CT molecular complexity index is 1010. The maximum atomic E-state index is 13.7. The van der Waals surface area contributed by atoms with Crippen LogP contribution < -0.4 is 10.2 Å². The fourth-order valence-corrected chi connectivity index (χ4v) is 5.01. The Hall–Kier alpha value is -2.92. The lowest BCUT2D eigenvalue weighted by Gasteiger charge is -2.33. The third-order valence-electron chi connectivity index (χ3n) is 5.90.